The number of nitrogen functional groups attached to an aromatic ring is 1. The number of benzene rings is 1. The first-order valence-electron chi connectivity index (χ1n) is 6.71. The van der Waals surface area contributed by atoms with Gasteiger partial charge in [-0.3, -0.25) is 9.55 Å². The number of anilines is 1. The van der Waals surface area contributed by atoms with Gasteiger partial charge in [-0.15, -0.1) is 0 Å². The number of aromatic nitrogens is 3. The van der Waals surface area contributed by atoms with E-state index in [2.05, 4.69) is 16.0 Å². The van der Waals surface area contributed by atoms with Crippen molar-refractivity contribution in [2.75, 3.05) is 5.73 Å². The van der Waals surface area contributed by atoms with Gasteiger partial charge in [-0.05, 0) is 12.5 Å². The van der Waals surface area contributed by atoms with Gasteiger partial charge in [0, 0.05) is 6.20 Å². The van der Waals surface area contributed by atoms with E-state index < -0.39 is 5.69 Å². The van der Waals surface area contributed by atoms with E-state index in [-0.39, 0.29) is 5.82 Å². The molecule has 1 aromatic carbocycles. The minimum atomic E-state index is -0.450. The Labute approximate surface area is 126 Å². The number of rotatable bonds is 2. The van der Waals surface area contributed by atoms with Crippen LogP contribution in [0.2, 0.25) is 0 Å². The van der Waals surface area contributed by atoms with Crippen molar-refractivity contribution in [3.8, 4) is 6.07 Å². The molecule has 0 aliphatic carbocycles. The van der Waals surface area contributed by atoms with Crippen LogP contribution < -0.4 is 11.4 Å². The molecule has 2 heterocycles. The number of fused-ring (bicyclic) bond motifs is 1. The molecule has 108 valence electrons. The van der Waals surface area contributed by atoms with Crippen molar-refractivity contribution < 1.29 is 0 Å². The maximum atomic E-state index is 12.3. The number of nitriles is 1. The van der Waals surface area contributed by atoms with Gasteiger partial charge >= 0.3 is 5.69 Å². The average molecular weight is 291 g/mol. The van der Waals surface area contributed by atoms with Crippen LogP contribution >= 0.6 is 0 Å². The van der Waals surface area contributed by atoms with Crippen LogP contribution in [-0.4, -0.2) is 14.5 Å². The number of hydrogen-bond acceptors (Lipinski definition) is 5. The van der Waals surface area contributed by atoms with Gasteiger partial charge in [0.05, 0.1) is 23.2 Å². The Balaban J connectivity index is 2.29. The second kappa shape index (κ2) is 5.30. The summed E-state index contributed by atoms with van der Waals surface area (Å²) >= 11 is 0. The van der Waals surface area contributed by atoms with E-state index in [9.17, 15) is 10.1 Å². The number of nitrogens with two attached hydrogens (primary N) is 1. The lowest BCUT2D eigenvalue weighted by atomic mass is 10.1. The minimum absolute atomic E-state index is 0.237. The highest BCUT2D eigenvalue weighted by Gasteiger charge is 2.15. The predicted octanol–water partition coefficient (Wildman–Crippen LogP) is 1.60. The van der Waals surface area contributed by atoms with Crippen LogP contribution in [0.15, 0.2) is 41.3 Å². The van der Waals surface area contributed by atoms with Crippen LogP contribution in [0.4, 0.5) is 5.82 Å². The summed E-state index contributed by atoms with van der Waals surface area (Å²) in [7, 11) is 0. The van der Waals surface area contributed by atoms with E-state index in [1.54, 1.807) is 6.92 Å². The number of hydrogen-bond donors (Lipinski definition) is 1. The molecule has 0 saturated carbocycles. The second-order valence-corrected chi connectivity index (χ2v) is 4.94. The Hall–Kier alpha value is -3.20. The van der Waals surface area contributed by atoms with Crippen molar-refractivity contribution in [2.24, 2.45) is 0 Å². The molecule has 0 amide bonds. The smallest absolute Gasteiger partial charge is 0.350 e. The van der Waals surface area contributed by atoms with Crippen molar-refractivity contribution in [1.82, 2.24) is 14.5 Å². The Morgan fingerprint density at radius 3 is 2.73 bits per heavy atom. The molecule has 6 heteroatoms. The van der Waals surface area contributed by atoms with Crippen molar-refractivity contribution in [3.05, 3.63) is 63.8 Å². The summed E-state index contributed by atoms with van der Waals surface area (Å²) in [6.07, 6.45) is 1.45. The monoisotopic (exact) mass is 291 g/mol. The lowest BCUT2D eigenvalue weighted by Crippen LogP contribution is -2.26. The van der Waals surface area contributed by atoms with Gasteiger partial charge in [0.25, 0.3) is 0 Å². The zero-order valence-corrected chi connectivity index (χ0v) is 11.9. The first-order chi connectivity index (χ1) is 10.6. The highest BCUT2D eigenvalue weighted by Crippen LogP contribution is 2.23. The lowest BCUT2D eigenvalue weighted by molar-refractivity contribution is 0.748. The minimum Gasteiger partial charge on any atom is -0.384 e. The second-order valence-electron chi connectivity index (χ2n) is 4.94. The summed E-state index contributed by atoms with van der Waals surface area (Å²) in [5.41, 5.74) is 7.91. The molecule has 22 heavy (non-hydrogen) atoms. The molecule has 0 aliphatic heterocycles. The molecule has 0 aliphatic rings. The van der Waals surface area contributed by atoms with Crippen LogP contribution in [-0.2, 0) is 6.54 Å². The maximum Gasteiger partial charge on any atom is 0.350 e. The van der Waals surface area contributed by atoms with Crippen LogP contribution in [0, 0.1) is 18.3 Å². The molecular formula is C16H13N5O. The van der Waals surface area contributed by atoms with E-state index in [0.29, 0.717) is 28.7 Å². The highest BCUT2D eigenvalue weighted by molar-refractivity contribution is 5.94. The van der Waals surface area contributed by atoms with Gasteiger partial charge in [0.2, 0.25) is 0 Å². The Kier molecular flexibility index (Phi) is 3.31. The Morgan fingerprint density at radius 2 is 2.05 bits per heavy atom. The topological polar surface area (TPSA) is 97.6 Å². The fourth-order valence-electron chi connectivity index (χ4n) is 2.39. The summed E-state index contributed by atoms with van der Waals surface area (Å²) in [6, 6.07) is 11.5. The van der Waals surface area contributed by atoms with E-state index >= 15 is 0 Å². The Morgan fingerprint density at radius 1 is 1.32 bits per heavy atom. The van der Waals surface area contributed by atoms with Crippen LogP contribution in [0.5, 0.6) is 0 Å². The van der Waals surface area contributed by atoms with Crippen molar-refractivity contribution in [1.29, 1.82) is 5.26 Å². The molecule has 0 bridgehead atoms. The van der Waals surface area contributed by atoms with E-state index in [4.69, 9.17) is 5.73 Å². The molecule has 0 atom stereocenters. The molecule has 0 fully saturated rings. The first kappa shape index (κ1) is 13.8. The molecule has 2 N–H and O–H groups in total. The zero-order chi connectivity index (χ0) is 15.7. The quantitative estimate of drug-likeness (QED) is 0.773. The molecule has 6 nitrogen and oxygen atoms in total. The molecular weight excluding hydrogens is 278 g/mol. The van der Waals surface area contributed by atoms with Crippen molar-refractivity contribution in [3.63, 3.8) is 0 Å². The maximum absolute atomic E-state index is 12.3. The van der Waals surface area contributed by atoms with Crippen LogP contribution in [0.1, 0.15) is 16.8 Å². The molecule has 3 aromatic rings. The summed E-state index contributed by atoms with van der Waals surface area (Å²) in [4.78, 5) is 20.4. The first-order valence-corrected chi connectivity index (χ1v) is 6.71. The van der Waals surface area contributed by atoms with Gasteiger partial charge < -0.3 is 5.73 Å². The summed E-state index contributed by atoms with van der Waals surface area (Å²) in [5.74, 6) is 0.237. The standard InChI is InChI=1S/C16H13N5O/c1-10-14-13(12(7-17)8-19-10)15(18)21(16(22)20-14)9-11-5-3-2-4-6-11/h2-6,8H,9,18H2,1H3. The van der Waals surface area contributed by atoms with E-state index in [1.807, 2.05) is 30.3 Å². The summed E-state index contributed by atoms with van der Waals surface area (Å²) < 4.78 is 1.37. The van der Waals surface area contributed by atoms with Crippen molar-refractivity contribution >= 4 is 16.7 Å². The zero-order valence-electron chi connectivity index (χ0n) is 11.9. The van der Waals surface area contributed by atoms with Gasteiger partial charge in [-0.2, -0.15) is 10.2 Å². The predicted molar refractivity (Wildman–Crippen MR) is 83.2 cm³/mol. The largest absolute Gasteiger partial charge is 0.384 e. The van der Waals surface area contributed by atoms with E-state index in [0.717, 1.165) is 5.56 Å². The molecule has 3 rings (SSSR count). The van der Waals surface area contributed by atoms with Gasteiger partial charge in [0.15, 0.2) is 0 Å². The summed E-state index contributed by atoms with van der Waals surface area (Å²) in [6.45, 7) is 2.04. The highest BCUT2D eigenvalue weighted by atomic mass is 16.1. The third kappa shape index (κ3) is 2.19. The fraction of sp³-hybridized carbons (Fsp3) is 0.125. The summed E-state index contributed by atoms with van der Waals surface area (Å²) in [5, 5.41) is 9.72. The molecule has 2 aromatic heterocycles. The SMILES string of the molecule is Cc1ncc(C#N)c2c(N)n(Cc3ccccc3)c(=O)nc12. The molecule has 0 saturated heterocycles. The molecule has 0 radical (unpaired) electrons. The van der Waals surface area contributed by atoms with Gasteiger partial charge in [-0.1, -0.05) is 30.3 Å². The lowest BCUT2D eigenvalue weighted by Gasteiger charge is -2.13. The molecule has 0 spiro atoms. The van der Waals surface area contributed by atoms with Crippen LogP contribution in [0.3, 0.4) is 0 Å². The van der Waals surface area contributed by atoms with E-state index in [1.165, 1.54) is 10.8 Å². The number of pyridine rings is 1. The number of nitrogens with zero attached hydrogens (tertiary/aromatic N) is 4. The third-order valence-electron chi connectivity index (χ3n) is 3.53. The van der Waals surface area contributed by atoms with Crippen LogP contribution in [0.25, 0.3) is 10.9 Å². The Bertz CT molecular complexity index is 954. The van der Waals surface area contributed by atoms with Gasteiger partial charge in [0.1, 0.15) is 17.4 Å². The normalized spacial score (nSPS) is 10.5. The number of aryl methyl sites for hydroxylation is 1. The van der Waals surface area contributed by atoms with Crippen molar-refractivity contribution in [2.45, 2.75) is 13.5 Å². The fourth-order valence-corrected chi connectivity index (χ4v) is 2.39. The average Bonchev–Trinajstić information content (AvgIpc) is 2.53. The molecule has 0 unspecified atom stereocenters. The van der Waals surface area contributed by atoms with Gasteiger partial charge in [-0.25, -0.2) is 4.79 Å². The third-order valence-corrected chi connectivity index (χ3v) is 3.53.